The number of nitrogens with zero attached hydrogens (tertiary/aromatic N) is 2. The second kappa shape index (κ2) is 2.50. The molecule has 0 unspecified atom stereocenters. The van der Waals surface area contributed by atoms with Gasteiger partial charge in [0.05, 0.1) is 0 Å². The first kappa shape index (κ1) is 7.40. The maximum Gasteiger partial charge on any atom is 0.331 e. The molecule has 1 heterocycles. The zero-order valence-electron chi connectivity index (χ0n) is 6.68. The summed E-state index contributed by atoms with van der Waals surface area (Å²) in [6, 6.07) is 0. The largest absolute Gasteiger partial charge is 0.386 e. The molecule has 0 saturated carbocycles. The van der Waals surface area contributed by atoms with Crippen LogP contribution in [0.1, 0.15) is 6.92 Å². The van der Waals surface area contributed by atoms with Gasteiger partial charge in [-0.3, -0.25) is 0 Å². The van der Waals surface area contributed by atoms with Gasteiger partial charge >= 0.3 is 9.84 Å². The van der Waals surface area contributed by atoms with E-state index in [1.54, 1.807) is 0 Å². The summed E-state index contributed by atoms with van der Waals surface area (Å²) in [5.41, 5.74) is 2.40. The highest BCUT2D eigenvalue weighted by Crippen LogP contribution is 2.12. The molecule has 0 aromatic rings. The number of hydrogen-bond donors (Lipinski definition) is 0. The molecule has 10 heavy (non-hydrogen) atoms. The fourth-order valence-corrected chi connectivity index (χ4v) is 1.67. The minimum Gasteiger partial charge on any atom is -0.386 e. The SMILES string of the molecule is C=C1C=C(C)N(C)[Si]N1C. The fourth-order valence-electron chi connectivity index (χ4n) is 0.803. The average Bonchev–Trinajstić information content (AvgIpc) is 1.84. The molecule has 2 radical (unpaired) electrons. The topological polar surface area (TPSA) is 6.48 Å². The minimum atomic E-state index is 0.709. The smallest absolute Gasteiger partial charge is 0.331 e. The maximum absolute atomic E-state index is 3.91. The molecule has 0 amide bonds. The first-order chi connectivity index (χ1) is 4.61. The van der Waals surface area contributed by atoms with E-state index in [0.717, 1.165) is 5.70 Å². The lowest BCUT2D eigenvalue weighted by atomic mass is 10.3. The number of likely N-dealkylation sites (N-methyl/N-ethyl adjacent to an activating group) is 1. The molecule has 54 valence electrons. The van der Waals surface area contributed by atoms with Crippen molar-refractivity contribution in [2.24, 2.45) is 0 Å². The first-order valence-electron chi connectivity index (χ1n) is 3.22. The summed E-state index contributed by atoms with van der Waals surface area (Å²) < 4.78 is 4.36. The van der Waals surface area contributed by atoms with E-state index in [-0.39, 0.29) is 0 Å². The summed E-state index contributed by atoms with van der Waals surface area (Å²) in [5, 5.41) is 0. The van der Waals surface area contributed by atoms with Gasteiger partial charge < -0.3 is 9.13 Å². The van der Waals surface area contributed by atoms with Crippen LogP contribution in [-0.4, -0.2) is 33.1 Å². The molecule has 0 aromatic carbocycles. The highest BCUT2D eigenvalue weighted by molar-refractivity contribution is 6.30. The molecule has 1 aliphatic rings. The van der Waals surface area contributed by atoms with Gasteiger partial charge in [-0.15, -0.1) is 0 Å². The van der Waals surface area contributed by atoms with E-state index in [4.69, 9.17) is 0 Å². The lowest BCUT2D eigenvalue weighted by molar-refractivity contribution is 0.538. The van der Waals surface area contributed by atoms with E-state index in [9.17, 15) is 0 Å². The molecule has 0 N–H and O–H groups in total. The molecule has 2 nitrogen and oxygen atoms in total. The van der Waals surface area contributed by atoms with Crippen molar-refractivity contribution in [3.8, 4) is 0 Å². The van der Waals surface area contributed by atoms with Crippen LogP contribution >= 0.6 is 0 Å². The lowest BCUT2D eigenvalue weighted by Crippen LogP contribution is -2.38. The molecule has 0 bridgehead atoms. The van der Waals surface area contributed by atoms with Gasteiger partial charge in [-0.25, -0.2) is 0 Å². The van der Waals surface area contributed by atoms with Crippen LogP contribution in [0.25, 0.3) is 0 Å². The Hall–Kier alpha value is -0.703. The van der Waals surface area contributed by atoms with Crippen LogP contribution in [0.5, 0.6) is 0 Å². The summed E-state index contributed by atoms with van der Waals surface area (Å²) in [6.45, 7) is 6.01. The molecule has 0 saturated heterocycles. The number of allylic oxidation sites excluding steroid dienone is 2. The van der Waals surface area contributed by atoms with Gasteiger partial charge in [0.15, 0.2) is 0 Å². The molecular formula is C7H12N2Si. The van der Waals surface area contributed by atoms with Crippen LogP contribution in [0.4, 0.5) is 0 Å². The molecule has 1 aliphatic heterocycles. The van der Waals surface area contributed by atoms with Gasteiger partial charge in [0.1, 0.15) is 0 Å². The third-order valence-electron chi connectivity index (χ3n) is 1.64. The van der Waals surface area contributed by atoms with E-state index in [1.807, 2.05) is 0 Å². The normalized spacial score (nSPS) is 19.5. The Morgan fingerprint density at radius 3 is 2.50 bits per heavy atom. The van der Waals surface area contributed by atoms with Crippen molar-refractivity contribution >= 4 is 9.84 Å². The van der Waals surface area contributed by atoms with Crippen LogP contribution in [-0.2, 0) is 0 Å². The Labute approximate surface area is 64.8 Å². The summed E-state index contributed by atoms with van der Waals surface area (Å²) >= 11 is 0. The van der Waals surface area contributed by atoms with Crippen molar-refractivity contribution in [1.82, 2.24) is 9.13 Å². The van der Waals surface area contributed by atoms with Gasteiger partial charge in [0, 0.05) is 11.4 Å². The van der Waals surface area contributed by atoms with Crippen LogP contribution in [0.2, 0.25) is 0 Å². The van der Waals surface area contributed by atoms with Crippen LogP contribution in [0.15, 0.2) is 24.0 Å². The zero-order chi connectivity index (χ0) is 7.72. The number of rotatable bonds is 0. The molecule has 0 fully saturated rings. The Balaban J connectivity index is 2.79. The van der Waals surface area contributed by atoms with E-state index in [2.05, 4.69) is 42.8 Å². The second-order valence-electron chi connectivity index (χ2n) is 2.50. The fraction of sp³-hybridized carbons (Fsp3) is 0.429. The molecular weight excluding hydrogens is 140 g/mol. The third kappa shape index (κ3) is 1.24. The minimum absolute atomic E-state index is 0.709. The lowest BCUT2D eigenvalue weighted by Gasteiger charge is -2.31. The van der Waals surface area contributed by atoms with Crippen molar-refractivity contribution in [2.45, 2.75) is 6.92 Å². The van der Waals surface area contributed by atoms with Crippen molar-refractivity contribution < 1.29 is 0 Å². The Morgan fingerprint density at radius 2 is 2.00 bits per heavy atom. The summed E-state index contributed by atoms with van der Waals surface area (Å²) in [5.74, 6) is 0. The van der Waals surface area contributed by atoms with Gasteiger partial charge in [-0.05, 0) is 27.1 Å². The van der Waals surface area contributed by atoms with E-state index < -0.39 is 0 Å². The Morgan fingerprint density at radius 1 is 1.40 bits per heavy atom. The monoisotopic (exact) mass is 152 g/mol. The van der Waals surface area contributed by atoms with Gasteiger partial charge in [0.25, 0.3) is 0 Å². The Bertz CT molecular complexity index is 186. The molecule has 0 atom stereocenters. The summed E-state index contributed by atoms with van der Waals surface area (Å²) in [4.78, 5) is 0. The van der Waals surface area contributed by atoms with Crippen LogP contribution < -0.4 is 0 Å². The summed E-state index contributed by atoms with van der Waals surface area (Å²) in [6.07, 6.45) is 2.09. The quantitative estimate of drug-likeness (QED) is 0.474. The highest BCUT2D eigenvalue weighted by Gasteiger charge is 2.13. The Kier molecular flexibility index (Phi) is 1.85. The van der Waals surface area contributed by atoms with Crippen LogP contribution in [0, 0.1) is 0 Å². The van der Waals surface area contributed by atoms with Crippen molar-refractivity contribution in [2.75, 3.05) is 14.1 Å². The molecule has 3 heteroatoms. The number of hydrogen-bond acceptors (Lipinski definition) is 2. The first-order valence-corrected chi connectivity index (χ1v) is 4.11. The molecule has 1 rings (SSSR count). The van der Waals surface area contributed by atoms with E-state index >= 15 is 0 Å². The molecule has 0 aromatic heterocycles. The molecule has 0 spiro atoms. The highest BCUT2D eigenvalue weighted by atomic mass is 28.2. The van der Waals surface area contributed by atoms with E-state index in [0.29, 0.717) is 9.84 Å². The average molecular weight is 152 g/mol. The van der Waals surface area contributed by atoms with E-state index in [1.165, 1.54) is 5.70 Å². The maximum atomic E-state index is 3.91. The second-order valence-corrected chi connectivity index (χ2v) is 4.04. The third-order valence-corrected chi connectivity index (χ3v) is 2.88. The predicted molar refractivity (Wildman–Crippen MR) is 44.2 cm³/mol. The van der Waals surface area contributed by atoms with Crippen molar-refractivity contribution in [3.05, 3.63) is 24.0 Å². The standard InChI is InChI=1S/C7H12N2Si/c1-6-5-7(2)9(4)10-8(6)3/h5H,1H2,2-4H3. The van der Waals surface area contributed by atoms with Crippen molar-refractivity contribution in [3.63, 3.8) is 0 Å². The zero-order valence-corrected chi connectivity index (χ0v) is 7.68. The van der Waals surface area contributed by atoms with Gasteiger partial charge in [-0.2, -0.15) is 0 Å². The van der Waals surface area contributed by atoms with Gasteiger partial charge in [0.2, 0.25) is 0 Å². The van der Waals surface area contributed by atoms with Crippen molar-refractivity contribution in [1.29, 1.82) is 0 Å². The van der Waals surface area contributed by atoms with Gasteiger partial charge in [-0.1, -0.05) is 6.58 Å². The predicted octanol–water partition coefficient (Wildman–Crippen LogP) is 0.815. The summed E-state index contributed by atoms with van der Waals surface area (Å²) in [7, 11) is 4.85. The van der Waals surface area contributed by atoms with Crippen LogP contribution in [0.3, 0.4) is 0 Å². The molecule has 0 aliphatic carbocycles.